The average Bonchev–Trinajstić information content (AvgIpc) is 3.01. The molecule has 0 unspecified atom stereocenters. The van der Waals surface area contributed by atoms with E-state index in [1.165, 1.54) is 17.0 Å². The highest BCUT2D eigenvalue weighted by Crippen LogP contribution is 2.31. The Morgan fingerprint density at radius 1 is 0.929 bits per heavy atom. The van der Waals surface area contributed by atoms with Crippen LogP contribution in [-0.2, 0) is 16.0 Å². The van der Waals surface area contributed by atoms with Crippen molar-refractivity contribution < 1.29 is 14.0 Å². The van der Waals surface area contributed by atoms with Gasteiger partial charge in [0.1, 0.15) is 5.82 Å². The number of halogens is 1. The molecule has 4 rings (SSSR count). The molecule has 0 bridgehead atoms. The third-order valence-electron chi connectivity index (χ3n) is 6.00. The first-order chi connectivity index (χ1) is 13.6. The fourth-order valence-electron chi connectivity index (χ4n) is 4.35. The second-order valence-corrected chi connectivity index (χ2v) is 7.70. The topological polar surface area (TPSA) is 40.6 Å². The summed E-state index contributed by atoms with van der Waals surface area (Å²) in [5, 5.41) is 0. The van der Waals surface area contributed by atoms with Crippen molar-refractivity contribution in [1.82, 2.24) is 9.80 Å². The third-order valence-corrected chi connectivity index (χ3v) is 6.00. The summed E-state index contributed by atoms with van der Waals surface area (Å²) >= 11 is 0. The first-order valence-corrected chi connectivity index (χ1v) is 9.99. The van der Waals surface area contributed by atoms with Gasteiger partial charge in [-0.05, 0) is 61.5 Å². The van der Waals surface area contributed by atoms with Gasteiger partial charge in [0.15, 0.2) is 0 Å². The highest BCUT2D eigenvalue weighted by atomic mass is 19.1. The standard InChI is InChI=1S/C23H25FN2O2/c24-20-8-6-18(7-9-20)19-11-13-25(14-12-19)21-16-22(27)26(23(21)28)15-10-17-4-2-1-3-5-17/h1-9,19,21H,10-16H2/t21-/m0/s1. The summed E-state index contributed by atoms with van der Waals surface area (Å²) in [4.78, 5) is 28.9. The molecule has 2 heterocycles. The Bertz CT molecular complexity index is 829. The molecule has 0 saturated carbocycles. The van der Waals surface area contributed by atoms with Gasteiger partial charge in [-0.1, -0.05) is 42.5 Å². The number of likely N-dealkylation sites (tertiary alicyclic amines) is 2. The van der Waals surface area contributed by atoms with Crippen LogP contribution in [0.15, 0.2) is 54.6 Å². The van der Waals surface area contributed by atoms with Crippen molar-refractivity contribution in [2.45, 2.75) is 37.6 Å². The number of carbonyl (C=O) groups excluding carboxylic acids is 2. The molecule has 28 heavy (non-hydrogen) atoms. The molecule has 1 atom stereocenters. The largest absolute Gasteiger partial charge is 0.291 e. The second kappa shape index (κ2) is 8.23. The molecule has 4 nitrogen and oxygen atoms in total. The molecular formula is C23H25FN2O2. The fourth-order valence-corrected chi connectivity index (χ4v) is 4.35. The Morgan fingerprint density at radius 2 is 1.61 bits per heavy atom. The molecule has 2 aromatic rings. The van der Waals surface area contributed by atoms with Crippen LogP contribution in [0.1, 0.15) is 36.3 Å². The Hall–Kier alpha value is -2.53. The van der Waals surface area contributed by atoms with Gasteiger partial charge in [-0.2, -0.15) is 0 Å². The lowest BCUT2D eigenvalue weighted by Crippen LogP contribution is -2.45. The molecular weight excluding hydrogens is 355 g/mol. The van der Waals surface area contributed by atoms with E-state index in [1.807, 2.05) is 42.5 Å². The Morgan fingerprint density at radius 3 is 2.29 bits per heavy atom. The first kappa shape index (κ1) is 18.8. The Kier molecular flexibility index (Phi) is 5.53. The number of amides is 2. The highest BCUT2D eigenvalue weighted by Gasteiger charge is 2.42. The van der Waals surface area contributed by atoms with Gasteiger partial charge in [-0.25, -0.2) is 4.39 Å². The van der Waals surface area contributed by atoms with Gasteiger partial charge in [0, 0.05) is 6.54 Å². The van der Waals surface area contributed by atoms with Crippen molar-refractivity contribution in [3.63, 3.8) is 0 Å². The summed E-state index contributed by atoms with van der Waals surface area (Å²) in [5.74, 6) is 0.0536. The summed E-state index contributed by atoms with van der Waals surface area (Å²) in [6.45, 7) is 2.03. The van der Waals surface area contributed by atoms with E-state index in [1.54, 1.807) is 0 Å². The Labute approximate surface area is 164 Å². The van der Waals surface area contributed by atoms with Crippen LogP contribution in [0.5, 0.6) is 0 Å². The molecule has 5 heteroatoms. The summed E-state index contributed by atoms with van der Waals surface area (Å²) < 4.78 is 13.1. The van der Waals surface area contributed by atoms with Crippen LogP contribution in [0.2, 0.25) is 0 Å². The van der Waals surface area contributed by atoms with Crippen molar-refractivity contribution in [2.75, 3.05) is 19.6 Å². The minimum absolute atomic E-state index is 0.0545. The quantitative estimate of drug-likeness (QED) is 0.747. The predicted octanol–water partition coefficient (Wildman–Crippen LogP) is 3.38. The number of hydrogen-bond donors (Lipinski definition) is 0. The fraction of sp³-hybridized carbons (Fsp3) is 0.391. The Balaban J connectivity index is 1.33. The lowest BCUT2D eigenvalue weighted by Gasteiger charge is -2.35. The maximum atomic E-state index is 13.1. The molecule has 0 radical (unpaired) electrons. The number of piperidine rings is 1. The van der Waals surface area contributed by atoms with Gasteiger partial charge >= 0.3 is 0 Å². The number of carbonyl (C=O) groups is 2. The maximum Gasteiger partial charge on any atom is 0.247 e. The molecule has 146 valence electrons. The van der Waals surface area contributed by atoms with Gasteiger partial charge in [0.05, 0.1) is 12.5 Å². The van der Waals surface area contributed by atoms with Crippen molar-refractivity contribution in [3.05, 3.63) is 71.5 Å². The second-order valence-electron chi connectivity index (χ2n) is 7.70. The van der Waals surface area contributed by atoms with Crippen LogP contribution in [-0.4, -0.2) is 47.3 Å². The van der Waals surface area contributed by atoms with Crippen molar-refractivity contribution in [3.8, 4) is 0 Å². The molecule has 0 N–H and O–H groups in total. The zero-order valence-corrected chi connectivity index (χ0v) is 15.9. The normalized spacial score (nSPS) is 21.5. The maximum absolute atomic E-state index is 13.1. The van der Waals surface area contributed by atoms with E-state index in [4.69, 9.17) is 0 Å². The summed E-state index contributed by atoms with van der Waals surface area (Å²) in [5.41, 5.74) is 2.28. The molecule has 2 aromatic carbocycles. The SMILES string of the molecule is O=C1C[C@H](N2CCC(c3ccc(F)cc3)CC2)C(=O)N1CCc1ccccc1. The third kappa shape index (κ3) is 3.99. The van der Waals surface area contributed by atoms with Gasteiger partial charge in [-0.3, -0.25) is 19.4 Å². The first-order valence-electron chi connectivity index (χ1n) is 9.99. The van der Waals surface area contributed by atoms with Crippen molar-refractivity contribution >= 4 is 11.8 Å². The monoisotopic (exact) mass is 380 g/mol. The van der Waals surface area contributed by atoms with Gasteiger partial charge in [0.2, 0.25) is 11.8 Å². The molecule has 0 aliphatic carbocycles. The van der Waals surface area contributed by atoms with Crippen LogP contribution in [0.3, 0.4) is 0 Å². The van der Waals surface area contributed by atoms with Gasteiger partial charge in [-0.15, -0.1) is 0 Å². The van der Waals surface area contributed by atoms with Gasteiger partial charge < -0.3 is 0 Å². The minimum atomic E-state index is -0.322. The minimum Gasteiger partial charge on any atom is -0.291 e. The van der Waals surface area contributed by atoms with Gasteiger partial charge in [0.25, 0.3) is 0 Å². The number of imide groups is 1. The smallest absolute Gasteiger partial charge is 0.247 e. The van der Waals surface area contributed by atoms with E-state index < -0.39 is 0 Å². The summed E-state index contributed by atoms with van der Waals surface area (Å²) in [7, 11) is 0. The van der Waals surface area contributed by atoms with Crippen molar-refractivity contribution in [1.29, 1.82) is 0 Å². The van der Waals surface area contributed by atoms with E-state index in [0.717, 1.165) is 37.1 Å². The summed E-state index contributed by atoms with van der Waals surface area (Å²) in [6.07, 6.45) is 2.83. The van der Waals surface area contributed by atoms with Crippen LogP contribution in [0.25, 0.3) is 0 Å². The molecule has 0 aromatic heterocycles. The predicted molar refractivity (Wildman–Crippen MR) is 105 cm³/mol. The molecule has 0 spiro atoms. The zero-order chi connectivity index (χ0) is 19.5. The number of nitrogens with zero attached hydrogens (tertiary/aromatic N) is 2. The lowest BCUT2D eigenvalue weighted by atomic mass is 9.89. The number of benzene rings is 2. The van der Waals surface area contributed by atoms with Crippen LogP contribution in [0, 0.1) is 5.82 Å². The van der Waals surface area contributed by atoms with E-state index in [0.29, 0.717) is 18.9 Å². The number of hydrogen-bond acceptors (Lipinski definition) is 3. The van der Waals surface area contributed by atoms with E-state index >= 15 is 0 Å². The lowest BCUT2D eigenvalue weighted by molar-refractivity contribution is -0.139. The van der Waals surface area contributed by atoms with Crippen LogP contribution >= 0.6 is 0 Å². The number of rotatable bonds is 5. The molecule has 2 aliphatic heterocycles. The molecule has 2 fully saturated rings. The molecule has 2 amide bonds. The summed E-state index contributed by atoms with van der Waals surface area (Å²) in [6, 6.07) is 16.3. The molecule has 2 saturated heterocycles. The zero-order valence-electron chi connectivity index (χ0n) is 15.9. The van der Waals surface area contributed by atoms with Crippen LogP contribution < -0.4 is 0 Å². The van der Waals surface area contributed by atoms with Crippen LogP contribution in [0.4, 0.5) is 4.39 Å². The van der Waals surface area contributed by atoms with Crippen molar-refractivity contribution in [2.24, 2.45) is 0 Å². The van der Waals surface area contributed by atoms with E-state index in [-0.39, 0.29) is 30.1 Å². The van der Waals surface area contributed by atoms with E-state index in [9.17, 15) is 14.0 Å². The van der Waals surface area contributed by atoms with E-state index in [2.05, 4.69) is 4.90 Å². The molecule has 2 aliphatic rings. The average molecular weight is 380 g/mol. The highest BCUT2D eigenvalue weighted by molar-refractivity contribution is 6.05.